The summed E-state index contributed by atoms with van der Waals surface area (Å²) in [5, 5.41) is 9.00. The lowest BCUT2D eigenvalue weighted by atomic mass is 10.0. The number of unbranched alkanes of at least 4 members (excludes halogenated alkanes) is 8. The van der Waals surface area contributed by atoms with Crippen molar-refractivity contribution >= 4 is 0 Å². The van der Waals surface area contributed by atoms with Gasteiger partial charge >= 0.3 is 0 Å². The summed E-state index contributed by atoms with van der Waals surface area (Å²) in [5.74, 6) is 0.874. The van der Waals surface area contributed by atoms with Crippen molar-refractivity contribution in [2.75, 3.05) is 0 Å². The van der Waals surface area contributed by atoms with E-state index in [2.05, 4.69) is 20.8 Å². The number of aliphatic hydroxyl groups is 1. The third kappa shape index (κ3) is 16.0. The van der Waals surface area contributed by atoms with Gasteiger partial charge in [0.1, 0.15) is 0 Å². The predicted molar refractivity (Wildman–Crippen MR) is 77.0 cm³/mol. The minimum absolute atomic E-state index is 0.351. The average Bonchev–Trinajstić information content (AvgIpc) is 2.25. The molecular formula is C16H33O. The molecule has 103 valence electrons. The van der Waals surface area contributed by atoms with Crippen molar-refractivity contribution in [1.29, 1.82) is 0 Å². The van der Waals surface area contributed by atoms with Gasteiger partial charge in [0.25, 0.3) is 0 Å². The van der Waals surface area contributed by atoms with Crippen LogP contribution in [0.2, 0.25) is 0 Å². The van der Waals surface area contributed by atoms with Gasteiger partial charge in [0.15, 0.2) is 0 Å². The molecule has 0 amide bonds. The first-order valence-corrected chi connectivity index (χ1v) is 7.64. The van der Waals surface area contributed by atoms with Crippen LogP contribution in [0.25, 0.3) is 0 Å². The van der Waals surface area contributed by atoms with Crippen molar-refractivity contribution < 1.29 is 5.11 Å². The van der Waals surface area contributed by atoms with Crippen LogP contribution in [0.1, 0.15) is 84.5 Å². The maximum absolute atomic E-state index is 9.00. The molecule has 1 unspecified atom stereocenters. The lowest BCUT2D eigenvalue weighted by Crippen LogP contribution is -1.98. The molecule has 0 fully saturated rings. The first kappa shape index (κ1) is 17.0. The maximum Gasteiger partial charge on any atom is 0.0541 e. The van der Waals surface area contributed by atoms with E-state index in [1.165, 1.54) is 57.8 Å². The molecule has 1 radical (unpaired) electrons. The highest BCUT2D eigenvalue weighted by Gasteiger charge is 1.97. The van der Waals surface area contributed by atoms with Crippen LogP contribution < -0.4 is 0 Å². The van der Waals surface area contributed by atoms with E-state index >= 15 is 0 Å². The van der Waals surface area contributed by atoms with Gasteiger partial charge in [-0.2, -0.15) is 0 Å². The Morgan fingerprint density at radius 3 is 1.41 bits per heavy atom. The Labute approximate surface area is 109 Å². The predicted octanol–water partition coefficient (Wildman–Crippen LogP) is 5.13. The van der Waals surface area contributed by atoms with E-state index in [0.717, 1.165) is 18.8 Å². The Balaban J connectivity index is 2.94. The monoisotopic (exact) mass is 241 g/mol. The van der Waals surface area contributed by atoms with Gasteiger partial charge in [0, 0.05) is 0 Å². The standard InChI is InChI=1S/C16H33O/c1-15(2)13-11-9-7-5-4-6-8-10-12-14-16(3)17/h15-17H,3-14H2,1-2H3. The molecule has 0 aliphatic heterocycles. The summed E-state index contributed by atoms with van der Waals surface area (Å²) in [6.45, 7) is 8.20. The second-order valence-electron chi connectivity index (χ2n) is 5.81. The highest BCUT2D eigenvalue weighted by Crippen LogP contribution is 2.13. The normalized spacial score (nSPS) is 13.2. The fraction of sp³-hybridized carbons (Fsp3) is 0.938. The first-order valence-electron chi connectivity index (χ1n) is 7.64. The van der Waals surface area contributed by atoms with Crippen molar-refractivity contribution in [3.8, 4) is 0 Å². The summed E-state index contributed by atoms with van der Waals surface area (Å²) in [5.41, 5.74) is 0. The Hall–Kier alpha value is -0.0400. The molecule has 0 aromatic heterocycles. The van der Waals surface area contributed by atoms with Crippen LogP contribution >= 0.6 is 0 Å². The van der Waals surface area contributed by atoms with Crippen LogP contribution in [0.4, 0.5) is 0 Å². The molecule has 17 heavy (non-hydrogen) atoms. The van der Waals surface area contributed by atoms with Crippen LogP contribution in [-0.4, -0.2) is 11.2 Å². The summed E-state index contributed by atoms with van der Waals surface area (Å²) in [6.07, 6.45) is 14.1. The largest absolute Gasteiger partial charge is 0.393 e. The lowest BCUT2D eigenvalue weighted by molar-refractivity contribution is 0.205. The molecule has 0 saturated heterocycles. The Kier molecular flexibility index (Phi) is 12.4. The fourth-order valence-corrected chi connectivity index (χ4v) is 2.17. The lowest BCUT2D eigenvalue weighted by Gasteiger charge is -2.05. The van der Waals surface area contributed by atoms with E-state index in [0.29, 0.717) is 0 Å². The zero-order valence-electron chi connectivity index (χ0n) is 12.1. The SMILES string of the molecule is [CH2]C(O)CCCCCCCCCCCC(C)C. The van der Waals surface area contributed by atoms with E-state index in [4.69, 9.17) is 5.11 Å². The summed E-state index contributed by atoms with van der Waals surface area (Å²) in [7, 11) is 0. The van der Waals surface area contributed by atoms with Crippen LogP contribution in [-0.2, 0) is 0 Å². The quantitative estimate of drug-likeness (QED) is 0.470. The van der Waals surface area contributed by atoms with E-state index in [1.807, 2.05) is 0 Å². The summed E-state index contributed by atoms with van der Waals surface area (Å²) < 4.78 is 0. The zero-order valence-corrected chi connectivity index (χ0v) is 12.1. The third-order valence-electron chi connectivity index (χ3n) is 3.32. The number of aliphatic hydroxyl groups excluding tert-OH is 1. The highest BCUT2D eigenvalue weighted by molar-refractivity contribution is 4.56. The zero-order chi connectivity index (χ0) is 12.9. The summed E-state index contributed by atoms with van der Waals surface area (Å²) >= 11 is 0. The maximum atomic E-state index is 9.00. The van der Waals surface area contributed by atoms with Crippen molar-refractivity contribution in [2.24, 2.45) is 5.92 Å². The van der Waals surface area contributed by atoms with Crippen LogP contribution in [0, 0.1) is 12.8 Å². The summed E-state index contributed by atoms with van der Waals surface area (Å²) in [6, 6.07) is 0. The van der Waals surface area contributed by atoms with Gasteiger partial charge in [-0.15, -0.1) is 0 Å². The first-order chi connectivity index (χ1) is 8.13. The number of hydrogen-bond acceptors (Lipinski definition) is 1. The molecule has 0 aromatic rings. The van der Waals surface area contributed by atoms with E-state index in [9.17, 15) is 0 Å². The minimum Gasteiger partial charge on any atom is -0.393 e. The highest BCUT2D eigenvalue weighted by atomic mass is 16.3. The molecule has 0 spiro atoms. The summed E-state index contributed by atoms with van der Waals surface area (Å²) in [4.78, 5) is 0. The van der Waals surface area contributed by atoms with Crippen molar-refractivity contribution in [3.63, 3.8) is 0 Å². The average molecular weight is 241 g/mol. The molecule has 1 atom stereocenters. The van der Waals surface area contributed by atoms with Gasteiger partial charge in [-0.3, -0.25) is 0 Å². The van der Waals surface area contributed by atoms with Crippen molar-refractivity contribution in [2.45, 2.75) is 90.6 Å². The molecule has 1 N–H and O–H groups in total. The van der Waals surface area contributed by atoms with E-state index in [1.54, 1.807) is 0 Å². The van der Waals surface area contributed by atoms with Crippen LogP contribution in [0.5, 0.6) is 0 Å². The smallest absolute Gasteiger partial charge is 0.0541 e. The number of rotatable bonds is 12. The van der Waals surface area contributed by atoms with Crippen molar-refractivity contribution in [1.82, 2.24) is 0 Å². The van der Waals surface area contributed by atoms with Gasteiger partial charge in [-0.05, 0) is 19.3 Å². The molecule has 1 nitrogen and oxygen atoms in total. The topological polar surface area (TPSA) is 20.2 Å². The Bertz CT molecular complexity index is 124. The molecule has 0 aliphatic carbocycles. The van der Waals surface area contributed by atoms with E-state index < -0.39 is 0 Å². The van der Waals surface area contributed by atoms with Crippen LogP contribution in [0.15, 0.2) is 0 Å². The van der Waals surface area contributed by atoms with Crippen LogP contribution in [0.3, 0.4) is 0 Å². The van der Waals surface area contributed by atoms with E-state index in [-0.39, 0.29) is 6.10 Å². The molecule has 0 heterocycles. The molecule has 0 saturated carbocycles. The molecule has 0 bridgehead atoms. The molecule has 0 aliphatic rings. The molecule has 0 aromatic carbocycles. The second-order valence-corrected chi connectivity index (χ2v) is 5.81. The van der Waals surface area contributed by atoms with Gasteiger partial charge in [0.2, 0.25) is 0 Å². The number of hydrogen-bond donors (Lipinski definition) is 1. The van der Waals surface area contributed by atoms with Gasteiger partial charge in [0.05, 0.1) is 6.10 Å². The Morgan fingerprint density at radius 1 is 0.706 bits per heavy atom. The van der Waals surface area contributed by atoms with Gasteiger partial charge < -0.3 is 5.11 Å². The molecule has 0 rings (SSSR count). The fourth-order valence-electron chi connectivity index (χ4n) is 2.17. The third-order valence-corrected chi connectivity index (χ3v) is 3.32. The van der Waals surface area contributed by atoms with Gasteiger partial charge in [-0.25, -0.2) is 0 Å². The minimum atomic E-state index is -0.351. The Morgan fingerprint density at radius 2 is 1.06 bits per heavy atom. The van der Waals surface area contributed by atoms with Crippen molar-refractivity contribution in [3.05, 3.63) is 6.92 Å². The molecular weight excluding hydrogens is 208 g/mol. The van der Waals surface area contributed by atoms with Gasteiger partial charge in [-0.1, -0.05) is 78.1 Å². The molecule has 1 heteroatoms. The second kappa shape index (κ2) is 12.4.